The maximum absolute atomic E-state index is 12.3. The summed E-state index contributed by atoms with van der Waals surface area (Å²) in [5.41, 5.74) is 5.56. The summed E-state index contributed by atoms with van der Waals surface area (Å²) < 4.78 is 27.1. The van der Waals surface area contributed by atoms with Crippen molar-refractivity contribution < 1.29 is 13.2 Å². The lowest BCUT2D eigenvalue weighted by Gasteiger charge is -2.30. The second-order valence-electron chi connectivity index (χ2n) is 4.21. The van der Waals surface area contributed by atoms with E-state index in [1.54, 1.807) is 14.1 Å². The van der Waals surface area contributed by atoms with E-state index in [1.807, 2.05) is 0 Å². The largest absolute Gasteiger partial charge is 0.381 e. The molecule has 8 nitrogen and oxygen atoms in total. The number of carbonyl (C=O) groups is 1. The Balaban J connectivity index is 2.32. The number of carbonyl (C=O) groups excluding carboxylic acids is 1. The van der Waals surface area contributed by atoms with Gasteiger partial charge in [0.05, 0.1) is 6.54 Å². The summed E-state index contributed by atoms with van der Waals surface area (Å²) in [7, 11) is -0.519. The summed E-state index contributed by atoms with van der Waals surface area (Å²) in [6, 6.07) is 0. The molecule has 0 saturated carbocycles. The molecule has 100 valence electrons. The van der Waals surface area contributed by atoms with Crippen LogP contribution in [-0.2, 0) is 21.9 Å². The highest BCUT2D eigenvalue weighted by molar-refractivity contribution is 7.89. The number of nitrogens with two attached hydrogens (primary N) is 1. The number of nitrogens with zero attached hydrogens (tertiary/aromatic N) is 4. The highest BCUT2D eigenvalue weighted by atomic mass is 32.2. The molecule has 0 aromatic carbocycles. The van der Waals surface area contributed by atoms with Gasteiger partial charge < -0.3 is 10.6 Å². The first kappa shape index (κ1) is 12.8. The van der Waals surface area contributed by atoms with Crippen LogP contribution in [-0.4, -0.2) is 60.0 Å². The number of rotatable bonds is 2. The average molecular weight is 273 g/mol. The normalized spacial score (nSPS) is 18.3. The van der Waals surface area contributed by atoms with Crippen LogP contribution in [0.1, 0.15) is 0 Å². The van der Waals surface area contributed by atoms with Gasteiger partial charge in [0.1, 0.15) is 4.90 Å². The van der Waals surface area contributed by atoms with E-state index in [2.05, 4.69) is 5.10 Å². The Bertz CT molecular complexity index is 579. The first-order chi connectivity index (χ1) is 8.32. The third kappa shape index (κ3) is 2.06. The molecule has 0 radical (unpaired) electrons. The summed E-state index contributed by atoms with van der Waals surface area (Å²) in [6.45, 7) is 0.476. The number of piperazine rings is 1. The highest BCUT2D eigenvalue weighted by Gasteiger charge is 2.33. The molecule has 1 amide bonds. The van der Waals surface area contributed by atoms with Crippen molar-refractivity contribution in [1.82, 2.24) is 19.0 Å². The summed E-state index contributed by atoms with van der Waals surface area (Å²) in [4.78, 5) is 13.0. The van der Waals surface area contributed by atoms with Crippen molar-refractivity contribution in [3.63, 3.8) is 0 Å². The van der Waals surface area contributed by atoms with E-state index in [1.165, 1.54) is 15.8 Å². The van der Waals surface area contributed by atoms with E-state index in [-0.39, 0.29) is 29.7 Å². The van der Waals surface area contributed by atoms with Crippen molar-refractivity contribution in [2.24, 2.45) is 7.05 Å². The molecule has 0 unspecified atom stereocenters. The Hall–Kier alpha value is -1.61. The SMILES string of the molecule is CN1CCN(S(=O)(=O)c2cn(C)nc2N)CC1=O. The summed E-state index contributed by atoms with van der Waals surface area (Å²) in [6.07, 6.45) is 1.34. The van der Waals surface area contributed by atoms with Crippen LogP contribution >= 0.6 is 0 Å². The van der Waals surface area contributed by atoms with Crippen molar-refractivity contribution >= 4 is 21.7 Å². The molecule has 0 atom stereocenters. The predicted octanol–water partition coefficient (Wildman–Crippen LogP) is -1.53. The minimum Gasteiger partial charge on any atom is -0.381 e. The monoisotopic (exact) mass is 273 g/mol. The van der Waals surface area contributed by atoms with Gasteiger partial charge in [-0.15, -0.1) is 0 Å². The zero-order chi connectivity index (χ0) is 13.5. The number of aryl methyl sites for hydroxylation is 1. The Morgan fingerprint density at radius 2 is 2.00 bits per heavy atom. The number of amides is 1. The molecule has 2 heterocycles. The van der Waals surface area contributed by atoms with Gasteiger partial charge in [0.25, 0.3) is 0 Å². The maximum atomic E-state index is 12.3. The number of hydrogen-bond acceptors (Lipinski definition) is 5. The molecular formula is C9H15N5O3S. The van der Waals surface area contributed by atoms with Crippen LogP contribution < -0.4 is 5.73 Å². The van der Waals surface area contributed by atoms with E-state index in [0.717, 1.165) is 4.31 Å². The number of likely N-dealkylation sites (N-methyl/N-ethyl adjacent to an activating group) is 1. The number of sulfonamides is 1. The van der Waals surface area contributed by atoms with E-state index in [9.17, 15) is 13.2 Å². The minimum atomic E-state index is -3.75. The second-order valence-corrected chi connectivity index (χ2v) is 6.11. The second kappa shape index (κ2) is 4.25. The molecule has 0 aliphatic carbocycles. The molecule has 9 heteroatoms. The third-order valence-corrected chi connectivity index (χ3v) is 4.72. The topological polar surface area (TPSA) is 102 Å². The predicted molar refractivity (Wildman–Crippen MR) is 64.0 cm³/mol. The van der Waals surface area contributed by atoms with Gasteiger partial charge in [-0.25, -0.2) is 8.42 Å². The fraction of sp³-hybridized carbons (Fsp3) is 0.556. The molecule has 1 saturated heterocycles. The molecule has 2 rings (SSSR count). The maximum Gasteiger partial charge on any atom is 0.248 e. The number of hydrogen-bond donors (Lipinski definition) is 1. The molecular weight excluding hydrogens is 258 g/mol. The molecule has 1 aromatic rings. The number of anilines is 1. The molecule has 0 spiro atoms. The van der Waals surface area contributed by atoms with E-state index in [0.29, 0.717) is 6.54 Å². The van der Waals surface area contributed by atoms with Crippen LogP contribution in [0.5, 0.6) is 0 Å². The third-order valence-electron chi connectivity index (χ3n) is 2.86. The lowest BCUT2D eigenvalue weighted by Crippen LogP contribution is -2.50. The minimum absolute atomic E-state index is 0.0520. The van der Waals surface area contributed by atoms with Gasteiger partial charge in [-0.05, 0) is 0 Å². The number of aromatic nitrogens is 2. The lowest BCUT2D eigenvalue weighted by molar-refractivity contribution is -0.132. The van der Waals surface area contributed by atoms with Gasteiger partial charge in [-0.3, -0.25) is 9.48 Å². The van der Waals surface area contributed by atoms with Crippen LogP contribution in [0.3, 0.4) is 0 Å². The van der Waals surface area contributed by atoms with E-state index >= 15 is 0 Å². The van der Waals surface area contributed by atoms with Gasteiger partial charge >= 0.3 is 0 Å². The quantitative estimate of drug-likeness (QED) is 0.704. The van der Waals surface area contributed by atoms with Crippen LogP contribution in [0, 0.1) is 0 Å². The lowest BCUT2D eigenvalue weighted by atomic mass is 10.4. The van der Waals surface area contributed by atoms with Crippen molar-refractivity contribution in [2.45, 2.75) is 4.90 Å². The van der Waals surface area contributed by atoms with Crippen molar-refractivity contribution in [3.8, 4) is 0 Å². The standard InChI is InChI=1S/C9H15N5O3S/c1-12-3-4-14(6-8(12)15)18(16,17)7-5-13(2)11-9(7)10/h5H,3-4,6H2,1-2H3,(H2,10,11). The molecule has 1 aliphatic heterocycles. The smallest absolute Gasteiger partial charge is 0.248 e. The van der Waals surface area contributed by atoms with E-state index < -0.39 is 10.0 Å². The van der Waals surface area contributed by atoms with Gasteiger partial charge in [0.2, 0.25) is 15.9 Å². The Morgan fingerprint density at radius 3 is 2.50 bits per heavy atom. The van der Waals surface area contributed by atoms with Crippen LogP contribution in [0.4, 0.5) is 5.82 Å². The Morgan fingerprint density at radius 1 is 1.33 bits per heavy atom. The molecule has 18 heavy (non-hydrogen) atoms. The van der Waals surface area contributed by atoms with Crippen LogP contribution in [0.2, 0.25) is 0 Å². The highest BCUT2D eigenvalue weighted by Crippen LogP contribution is 2.21. The molecule has 1 fully saturated rings. The zero-order valence-corrected chi connectivity index (χ0v) is 11.0. The van der Waals surface area contributed by atoms with Crippen molar-refractivity contribution in [1.29, 1.82) is 0 Å². The van der Waals surface area contributed by atoms with Gasteiger partial charge in [0.15, 0.2) is 5.82 Å². The summed E-state index contributed by atoms with van der Waals surface area (Å²) in [5.74, 6) is -0.281. The first-order valence-electron chi connectivity index (χ1n) is 5.35. The van der Waals surface area contributed by atoms with E-state index in [4.69, 9.17) is 5.73 Å². The van der Waals surface area contributed by atoms with Crippen molar-refractivity contribution in [2.75, 3.05) is 32.4 Å². The summed E-state index contributed by atoms with van der Waals surface area (Å²) in [5, 5.41) is 3.80. The first-order valence-corrected chi connectivity index (χ1v) is 6.79. The van der Waals surface area contributed by atoms with Gasteiger partial charge in [0, 0.05) is 33.4 Å². The molecule has 1 aromatic heterocycles. The van der Waals surface area contributed by atoms with Crippen LogP contribution in [0.15, 0.2) is 11.1 Å². The van der Waals surface area contributed by atoms with Crippen LogP contribution in [0.25, 0.3) is 0 Å². The summed E-state index contributed by atoms with van der Waals surface area (Å²) >= 11 is 0. The molecule has 0 bridgehead atoms. The van der Waals surface area contributed by atoms with Gasteiger partial charge in [-0.1, -0.05) is 0 Å². The molecule has 1 aliphatic rings. The number of nitrogen functional groups attached to an aromatic ring is 1. The Labute approximate surface area is 105 Å². The zero-order valence-electron chi connectivity index (χ0n) is 10.2. The fourth-order valence-electron chi connectivity index (χ4n) is 1.76. The average Bonchev–Trinajstić information content (AvgIpc) is 2.62. The fourth-order valence-corrected chi connectivity index (χ4v) is 3.24. The van der Waals surface area contributed by atoms with Crippen molar-refractivity contribution in [3.05, 3.63) is 6.20 Å². The molecule has 2 N–H and O–H groups in total. The van der Waals surface area contributed by atoms with Gasteiger partial charge in [-0.2, -0.15) is 9.40 Å². The Kier molecular flexibility index (Phi) is 3.03.